The quantitative estimate of drug-likeness (QED) is 0.694. The number of nitrogens with zero attached hydrogens (tertiary/aromatic N) is 2. The molecular formula is C19H18N4O4. The van der Waals surface area contributed by atoms with Crippen LogP contribution in [0, 0.1) is 0 Å². The molecule has 0 radical (unpaired) electrons. The summed E-state index contributed by atoms with van der Waals surface area (Å²) < 4.78 is 10.3. The lowest BCUT2D eigenvalue weighted by molar-refractivity contribution is -0.117. The maximum Gasteiger partial charge on any atom is 0.287 e. The van der Waals surface area contributed by atoms with Crippen LogP contribution in [0.25, 0.3) is 11.4 Å². The number of hydrogen-bond donors (Lipinski definition) is 2. The zero-order valence-corrected chi connectivity index (χ0v) is 14.6. The Hall–Kier alpha value is -3.42. The average molecular weight is 366 g/mol. The van der Waals surface area contributed by atoms with Crippen molar-refractivity contribution in [3.05, 3.63) is 54.3 Å². The number of aromatic nitrogens is 2. The molecule has 1 aromatic carbocycles. The summed E-state index contributed by atoms with van der Waals surface area (Å²) in [5.41, 5.74) is 1.32. The van der Waals surface area contributed by atoms with Crippen molar-refractivity contribution in [1.29, 1.82) is 0 Å². The number of nitrogens with one attached hydrogen (secondary N) is 2. The first-order valence-corrected chi connectivity index (χ1v) is 8.69. The molecule has 0 spiro atoms. The van der Waals surface area contributed by atoms with Crippen LogP contribution in [-0.4, -0.2) is 28.0 Å². The molecule has 4 rings (SSSR count). The van der Waals surface area contributed by atoms with Crippen LogP contribution >= 0.6 is 0 Å². The van der Waals surface area contributed by atoms with Gasteiger partial charge >= 0.3 is 0 Å². The number of rotatable bonds is 6. The summed E-state index contributed by atoms with van der Waals surface area (Å²) in [5, 5.41) is 9.37. The predicted molar refractivity (Wildman–Crippen MR) is 96.0 cm³/mol. The summed E-state index contributed by atoms with van der Waals surface area (Å²) in [7, 11) is 0. The molecule has 1 saturated carbocycles. The van der Waals surface area contributed by atoms with Gasteiger partial charge in [-0.25, -0.2) is 0 Å². The lowest BCUT2D eigenvalue weighted by Gasteiger charge is -2.13. The van der Waals surface area contributed by atoms with Crippen molar-refractivity contribution in [2.45, 2.75) is 31.7 Å². The monoisotopic (exact) mass is 366 g/mol. The van der Waals surface area contributed by atoms with Crippen LogP contribution < -0.4 is 10.6 Å². The molecule has 2 N–H and O–H groups in total. The molecule has 1 atom stereocenters. The smallest absolute Gasteiger partial charge is 0.287 e. The number of hydrogen-bond acceptors (Lipinski definition) is 6. The van der Waals surface area contributed by atoms with E-state index in [-0.39, 0.29) is 11.7 Å². The largest absolute Gasteiger partial charge is 0.459 e. The minimum absolute atomic E-state index is 0.153. The maximum absolute atomic E-state index is 12.4. The highest BCUT2D eigenvalue weighted by molar-refractivity contribution is 6.00. The van der Waals surface area contributed by atoms with Gasteiger partial charge in [-0.15, -0.1) is 0 Å². The summed E-state index contributed by atoms with van der Waals surface area (Å²) in [4.78, 5) is 28.7. The minimum atomic E-state index is -0.738. The van der Waals surface area contributed by atoms with Gasteiger partial charge in [0, 0.05) is 17.2 Å². The number of carbonyl (C=O) groups excluding carboxylic acids is 2. The van der Waals surface area contributed by atoms with Gasteiger partial charge in [-0.3, -0.25) is 9.59 Å². The minimum Gasteiger partial charge on any atom is -0.459 e. The van der Waals surface area contributed by atoms with E-state index in [1.807, 2.05) is 6.07 Å². The Bertz CT molecular complexity index is 960. The SMILES string of the molecule is C[C@@H](NC(=O)c1ccco1)C(=O)Nc1cccc(-c2noc(C3CC3)n2)c1. The second kappa shape index (κ2) is 7.06. The lowest BCUT2D eigenvalue weighted by atomic mass is 10.2. The predicted octanol–water partition coefficient (Wildman–Crippen LogP) is 2.96. The van der Waals surface area contributed by atoms with Crippen molar-refractivity contribution >= 4 is 17.5 Å². The third-order valence-electron chi connectivity index (χ3n) is 4.24. The molecule has 8 heteroatoms. The fourth-order valence-electron chi connectivity index (χ4n) is 2.58. The summed E-state index contributed by atoms with van der Waals surface area (Å²) in [6.45, 7) is 1.60. The van der Waals surface area contributed by atoms with Crippen molar-refractivity contribution in [2.75, 3.05) is 5.32 Å². The van der Waals surface area contributed by atoms with Crippen molar-refractivity contribution in [2.24, 2.45) is 0 Å². The molecule has 138 valence electrons. The first kappa shape index (κ1) is 17.0. The zero-order chi connectivity index (χ0) is 18.8. The summed E-state index contributed by atoms with van der Waals surface area (Å²) >= 11 is 0. The van der Waals surface area contributed by atoms with E-state index in [1.54, 1.807) is 31.2 Å². The molecule has 0 aliphatic heterocycles. The van der Waals surface area contributed by atoms with Gasteiger partial charge in [0.05, 0.1) is 6.26 Å². The molecule has 1 fully saturated rings. The summed E-state index contributed by atoms with van der Waals surface area (Å²) in [5.74, 6) is 0.892. The van der Waals surface area contributed by atoms with Crippen LogP contribution in [0.1, 0.15) is 42.1 Å². The van der Waals surface area contributed by atoms with Crippen LogP contribution in [0.2, 0.25) is 0 Å². The lowest BCUT2D eigenvalue weighted by Crippen LogP contribution is -2.41. The van der Waals surface area contributed by atoms with E-state index in [0.29, 0.717) is 23.3 Å². The molecule has 8 nitrogen and oxygen atoms in total. The molecule has 1 aliphatic rings. The Morgan fingerprint density at radius 3 is 2.81 bits per heavy atom. The van der Waals surface area contributed by atoms with Gasteiger partial charge in [-0.2, -0.15) is 4.98 Å². The molecule has 2 amide bonds. The molecule has 0 unspecified atom stereocenters. The van der Waals surface area contributed by atoms with Crippen LogP contribution in [0.3, 0.4) is 0 Å². The van der Waals surface area contributed by atoms with E-state index in [2.05, 4.69) is 20.8 Å². The second-order valence-electron chi connectivity index (χ2n) is 6.47. The highest BCUT2D eigenvalue weighted by atomic mass is 16.5. The highest BCUT2D eigenvalue weighted by Crippen LogP contribution is 2.39. The van der Waals surface area contributed by atoms with Gasteiger partial charge in [0.1, 0.15) is 6.04 Å². The Kier molecular flexibility index (Phi) is 4.45. The first-order valence-electron chi connectivity index (χ1n) is 8.69. The van der Waals surface area contributed by atoms with Crippen LogP contribution in [-0.2, 0) is 4.79 Å². The fourth-order valence-corrected chi connectivity index (χ4v) is 2.58. The van der Waals surface area contributed by atoms with Gasteiger partial charge in [0.2, 0.25) is 17.6 Å². The maximum atomic E-state index is 12.4. The van der Waals surface area contributed by atoms with Gasteiger partial charge < -0.3 is 19.6 Å². The van der Waals surface area contributed by atoms with Crippen molar-refractivity contribution in [1.82, 2.24) is 15.5 Å². The molecular weight excluding hydrogens is 348 g/mol. The summed E-state index contributed by atoms with van der Waals surface area (Å²) in [6, 6.07) is 9.56. The van der Waals surface area contributed by atoms with Crippen molar-refractivity contribution < 1.29 is 18.5 Å². The molecule has 0 bridgehead atoms. The van der Waals surface area contributed by atoms with Gasteiger partial charge in [-0.05, 0) is 44.0 Å². The Balaban J connectivity index is 1.41. The molecule has 27 heavy (non-hydrogen) atoms. The third-order valence-corrected chi connectivity index (χ3v) is 4.24. The van der Waals surface area contributed by atoms with Crippen molar-refractivity contribution in [3.63, 3.8) is 0 Å². The highest BCUT2D eigenvalue weighted by Gasteiger charge is 2.29. The Morgan fingerprint density at radius 2 is 2.07 bits per heavy atom. The second-order valence-corrected chi connectivity index (χ2v) is 6.47. The number of anilines is 1. The fraction of sp³-hybridized carbons (Fsp3) is 0.263. The summed E-state index contributed by atoms with van der Waals surface area (Å²) in [6.07, 6.45) is 3.57. The molecule has 0 saturated heterocycles. The van der Waals surface area contributed by atoms with Crippen LogP contribution in [0.15, 0.2) is 51.6 Å². The molecule has 3 aromatic rings. The van der Waals surface area contributed by atoms with E-state index in [9.17, 15) is 9.59 Å². The van der Waals surface area contributed by atoms with E-state index >= 15 is 0 Å². The first-order chi connectivity index (χ1) is 13.1. The van der Waals surface area contributed by atoms with E-state index in [4.69, 9.17) is 8.94 Å². The van der Waals surface area contributed by atoms with Crippen LogP contribution in [0.5, 0.6) is 0 Å². The standard InChI is InChI=1S/C19H18N4O4/c1-11(20-18(25)15-6-3-9-26-15)17(24)21-14-5-2-4-13(10-14)16-22-19(27-23-16)12-7-8-12/h2-6,9-12H,7-8H2,1H3,(H,20,25)(H,21,24)/t11-/m1/s1. The van der Waals surface area contributed by atoms with Crippen LogP contribution in [0.4, 0.5) is 5.69 Å². The van der Waals surface area contributed by atoms with Gasteiger partial charge in [0.25, 0.3) is 5.91 Å². The zero-order valence-electron chi connectivity index (χ0n) is 14.6. The van der Waals surface area contributed by atoms with E-state index < -0.39 is 11.9 Å². The molecule has 2 aromatic heterocycles. The normalized spacial score (nSPS) is 14.6. The Morgan fingerprint density at radius 1 is 1.22 bits per heavy atom. The number of carbonyl (C=O) groups is 2. The van der Waals surface area contributed by atoms with Gasteiger partial charge in [-0.1, -0.05) is 17.3 Å². The van der Waals surface area contributed by atoms with Crippen molar-refractivity contribution in [3.8, 4) is 11.4 Å². The van der Waals surface area contributed by atoms with E-state index in [1.165, 1.54) is 12.3 Å². The molecule has 2 heterocycles. The number of amides is 2. The number of benzene rings is 1. The number of furan rings is 1. The Labute approximate surface area is 154 Å². The topological polar surface area (TPSA) is 110 Å². The van der Waals surface area contributed by atoms with Gasteiger partial charge in [0.15, 0.2) is 5.76 Å². The molecule has 1 aliphatic carbocycles. The van der Waals surface area contributed by atoms with E-state index in [0.717, 1.165) is 18.4 Å². The third kappa shape index (κ3) is 3.89. The average Bonchev–Trinajstić information content (AvgIpc) is 3.17.